The Morgan fingerprint density at radius 2 is 1.71 bits per heavy atom. The number of rotatable bonds is 5. The molecule has 0 saturated heterocycles. The van der Waals surface area contributed by atoms with Crippen molar-refractivity contribution in [3.8, 4) is 0 Å². The minimum Gasteiger partial charge on any atom is -0.0651 e. The first kappa shape index (κ1) is 15.1. The molecule has 0 bridgehead atoms. The summed E-state index contributed by atoms with van der Waals surface area (Å²) in [6.07, 6.45) is 5.64. The van der Waals surface area contributed by atoms with Gasteiger partial charge in [0.05, 0.1) is 0 Å². The Hall–Kier alpha value is 0. The third-order valence-electron chi connectivity index (χ3n) is 5.80. The molecule has 1 rings (SSSR count). The molecule has 1 aliphatic rings. The number of hydrogen-bond donors (Lipinski definition) is 0. The standard InChI is InChI=1S/C17H34/c1-8-12(2)10-15(5)17(6,7)16-11-13(3)9-14(16)4/h12-16H,8-11H2,1-7H3/t12-,13-,14+,15+,16-/m1/s1. The van der Waals surface area contributed by atoms with Gasteiger partial charge in [0.15, 0.2) is 0 Å². The van der Waals surface area contributed by atoms with Gasteiger partial charge in [0, 0.05) is 0 Å². The van der Waals surface area contributed by atoms with Crippen LogP contribution in [0.4, 0.5) is 0 Å². The molecule has 0 aromatic rings. The molecule has 0 amide bonds. The maximum atomic E-state index is 2.53. The third-order valence-corrected chi connectivity index (χ3v) is 5.80. The van der Waals surface area contributed by atoms with Crippen molar-refractivity contribution in [3.63, 3.8) is 0 Å². The van der Waals surface area contributed by atoms with Gasteiger partial charge in [0.2, 0.25) is 0 Å². The molecule has 0 spiro atoms. The summed E-state index contributed by atoms with van der Waals surface area (Å²) in [6, 6.07) is 0. The topological polar surface area (TPSA) is 0 Å². The van der Waals surface area contributed by atoms with Crippen LogP contribution in [0.15, 0.2) is 0 Å². The summed E-state index contributed by atoms with van der Waals surface area (Å²) in [5.41, 5.74) is 0.521. The molecule has 0 N–H and O–H groups in total. The smallest absolute Gasteiger partial charge is 0.0297 e. The van der Waals surface area contributed by atoms with Gasteiger partial charge in [-0.05, 0) is 54.3 Å². The molecule has 102 valence electrons. The molecule has 1 saturated carbocycles. The van der Waals surface area contributed by atoms with Gasteiger partial charge in [0.25, 0.3) is 0 Å². The van der Waals surface area contributed by atoms with Gasteiger partial charge in [-0.25, -0.2) is 0 Å². The van der Waals surface area contributed by atoms with Gasteiger partial charge in [-0.15, -0.1) is 0 Å². The molecular formula is C17H34. The molecule has 0 unspecified atom stereocenters. The molecule has 0 aromatic carbocycles. The lowest BCUT2D eigenvalue weighted by Gasteiger charge is -2.41. The van der Waals surface area contributed by atoms with Crippen LogP contribution < -0.4 is 0 Å². The Kier molecular flexibility index (Phi) is 5.10. The second kappa shape index (κ2) is 5.76. The van der Waals surface area contributed by atoms with E-state index in [9.17, 15) is 0 Å². The molecule has 1 fully saturated rings. The zero-order valence-electron chi connectivity index (χ0n) is 13.2. The average Bonchev–Trinajstić information content (AvgIpc) is 2.58. The van der Waals surface area contributed by atoms with E-state index >= 15 is 0 Å². The van der Waals surface area contributed by atoms with Crippen molar-refractivity contribution in [1.82, 2.24) is 0 Å². The molecule has 1 aliphatic carbocycles. The van der Waals surface area contributed by atoms with Gasteiger partial charge in [-0.3, -0.25) is 0 Å². The van der Waals surface area contributed by atoms with Gasteiger partial charge in [-0.2, -0.15) is 0 Å². The van der Waals surface area contributed by atoms with Crippen LogP contribution in [0.25, 0.3) is 0 Å². The monoisotopic (exact) mass is 238 g/mol. The van der Waals surface area contributed by atoms with E-state index in [-0.39, 0.29) is 0 Å². The largest absolute Gasteiger partial charge is 0.0651 e. The average molecular weight is 238 g/mol. The van der Waals surface area contributed by atoms with E-state index in [0.717, 1.165) is 29.6 Å². The van der Waals surface area contributed by atoms with E-state index in [1.165, 1.54) is 25.7 Å². The fourth-order valence-electron chi connectivity index (χ4n) is 4.04. The highest BCUT2D eigenvalue weighted by molar-refractivity contribution is 4.91. The van der Waals surface area contributed by atoms with E-state index in [2.05, 4.69) is 48.5 Å². The SMILES string of the molecule is CC[C@@H](C)C[C@H](C)C(C)(C)[C@@H]1C[C@H](C)C[C@@H]1C. The maximum Gasteiger partial charge on any atom is -0.0297 e. The summed E-state index contributed by atoms with van der Waals surface area (Å²) in [5, 5.41) is 0. The van der Waals surface area contributed by atoms with E-state index in [1.807, 2.05) is 0 Å². The minimum atomic E-state index is 0.521. The zero-order valence-corrected chi connectivity index (χ0v) is 13.2. The summed E-state index contributed by atoms with van der Waals surface area (Å²) in [6.45, 7) is 17.2. The van der Waals surface area contributed by atoms with Crippen molar-refractivity contribution in [2.24, 2.45) is 35.0 Å². The molecule has 5 atom stereocenters. The maximum absolute atomic E-state index is 2.53. The van der Waals surface area contributed by atoms with Gasteiger partial charge < -0.3 is 0 Å². The highest BCUT2D eigenvalue weighted by Gasteiger charge is 2.42. The van der Waals surface area contributed by atoms with Crippen LogP contribution in [0.1, 0.15) is 74.1 Å². The second-order valence-corrected chi connectivity index (χ2v) is 7.63. The molecular weight excluding hydrogens is 204 g/mol. The van der Waals surface area contributed by atoms with Crippen molar-refractivity contribution in [2.75, 3.05) is 0 Å². The summed E-state index contributed by atoms with van der Waals surface area (Å²) in [5.74, 6) is 4.56. The fraction of sp³-hybridized carbons (Fsp3) is 1.00. The van der Waals surface area contributed by atoms with Crippen molar-refractivity contribution in [3.05, 3.63) is 0 Å². The highest BCUT2D eigenvalue weighted by atomic mass is 14.5. The zero-order chi connectivity index (χ0) is 13.2. The minimum absolute atomic E-state index is 0.521. The van der Waals surface area contributed by atoms with Gasteiger partial charge in [0.1, 0.15) is 0 Å². The molecule has 0 nitrogen and oxygen atoms in total. The van der Waals surface area contributed by atoms with Crippen molar-refractivity contribution >= 4 is 0 Å². The first-order chi connectivity index (χ1) is 7.78. The van der Waals surface area contributed by atoms with Crippen LogP contribution in [-0.4, -0.2) is 0 Å². The Balaban J connectivity index is 2.66. The molecule has 0 aromatic heterocycles. The van der Waals surface area contributed by atoms with Crippen molar-refractivity contribution in [2.45, 2.75) is 74.1 Å². The van der Waals surface area contributed by atoms with E-state index in [4.69, 9.17) is 0 Å². The Morgan fingerprint density at radius 3 is 2.12 bits per heavy atom. The lowest BCUT2D eigenvalue weighted by molar-refractivity contribution is 0.0824. The predicted molar refractivity (Wildman–Crippen MR) is 78.1 cm³/mol. The van der Waals surface area contributed by atoms with E-state index < -0.39 is 0 Å². The van der Waals surface area contributed by atoms with Gasteiger partial charge >= 0.3 is 0 Å². The third kappa shape index (κ3) is 3.48. The number of hydrogen-bond acceptors (Lipinski definition) is 0. The van der Waals surface area contributed by atoms with Crippen LogP contribution in [-0.2, 0) is 0 Å². The van der Waals surface area contributed by atoms with Crippen LogP contribution in [0, 0.1) is 35.0 Å². The predicted octanol–water partition coefficient (Wildman–Crippen LogP) is 5.77. The van der Waals surface area contributed by atoms with E-state index in [0.29, 0.717) is 5.41 Å². The second-order valence-electron chi connectivity index (χ2n) is 7.63. The first-order valence-electron chi connectivity index (χ1n) is 7.78. The van der Waals surface area contributed by atoms with Crippen molar-refractivity contribution in [1.29, 1.82) is 0 Å². The normalized spacial score (nSPS) is 33.7. The summed E-state index contributed by atoms with van der Waals surface area (Å²) in [4.78, 5) is 0. The molecule has 0 heteroatoms. The Bertz CT molecular complexity index is 228. The van der Waals surface area contributed by atoms with Crippen LogP contribution in [0.2, 0.25) is 0 Å². The lowest BCUT2D eigenvalue weighted by Crippen LogP contribution is -2.33. The quantitative estimate of drug-likeness (QED) is 0.570. The summed E-state index contributed by atoms with van der Waals surface area (Å²) in [7, 11) is 0. The van der Waals surface area contributed by atoms with Crippen LogP contribution in [0.5, 0.6) is 0 Å². The Morgan fingerprint density at radius 1 is 1.12 bits per heavy atom. The lowest BCUT2D eigenvalue weighted by atomic mass is 9.64. The molecule has 17 heavy (non-hydrogen) atoms. The molecule has 0 heterocycles. The molecule has 0 radical (unpaired) electrons. The first-order valence-corrected chi connectivity index (χ1v) is 7.78. The summed E-state index contributed by atoms with van der Waals surface area (Å²) >= 11 is 0. The highest BCUT2D eigenvalue weighted by Crippen LogP contribution is 2.50. The molecule has 0 aliphatic heterocycles. The van der Waals surface area contributed by atoms with Crippen LogP contribution in [0.3, 0.4) is 0 Å². The van der Waals surface area contributed by atoms with Crippen LogP contribution >= 0.6 is 0 Å². The van der Waals surface area contributed by atoms with Gasteiger partial charge in [-0.1, -0.05) is 54.9 Å². The van der Waals surface area contributed by atoms with Crippen molar-refractivity contribution < 1.29 is 0 Å². The van der Waals surface area contributed by atoms with E-state index in [1.54, 1.807) is 0 Å². The fourth-order valence-corrected chi connectivity index (χ4v) is 4.04. The summed E-state index contributed by atoms with van der Waals surface area (Å²) < 4.78 is 0. The Labute approximate surface area is 110 Å².